The largest absolute Gasteiger partial charge is 0.479 e. The van der Waals surface area contributed by atoms with E-state index in [0.29, 0.717) is 0 Å². The molecule has 1 N–H and O–H groups in total. The first-order valence-electron chi connectivity index (χ1n) is 6.12. The van der Waals surface area contributed by atoms with Crippen LogP contribution in [0.25, 0.3) is 0 Å². The molecule has 1 aromatic rings. The number of carboxylic acids is 1. The third-order valence-electron chi connectivity index (χ3n) is 3.11. The maximum absolute atomic E-state index is 13.6. The van der Waals surface area contributed by atoms with Gasteiger partial charge in [0.25, 0.3) is 0 Å². The number of benzene rings is 1. The predicted octanol–water partition coefficient (Wildman–Crippen LogP) is 1.17. The lowest BCUT2D eigenvalue weighted by molar-refractivity contribution is -0.154. The summed E-state index contributed by atoms with van der Waals surface area (Å²) in [6.45, 7) is 0.377. The quantitative estimate of drug-likeness (QED) is 0.884. The van der Waals surface area contributed by atoms with E-state index < -0.39 is 23.9 Å². The highest BCUT2D eigenvalue weighted by Gasteiger charge is 2.31. The molecule has 7 heteroatoms. The molecular formula is C13H15FN2O4. The van der Waals surface area contributed by atoms with E-state index in [-0.39, 0.29) is 25.4 Å². The van der Waals surface area contributed by atoms with Crippen LogP contribution in [0, 0.1) is 5.82 Å². The Kier molecular flexibility index (Phi) is 4.19. The van der Waals surface area contributed by atoms with E-state index in [9.17, 15) is 14.0 Å². The first kappa shape index (κ1) is 14.3. The minimum Gasteiger partial charge on any atom is -0.479 e. The zero-order valence-electron chi connectivity index (χ0n) is 11.0. The van der Waals surface area contributed by atoms with Crippen molar-refractivity contribution >= 4 is 17.7 Å². The van der Waals surface area contributed by atoms with Gasteiger partial charge in [0.1, 0.15) is 5.82 Å². The standard InChI is InChI=1S/C13H15FN2O4/c1-15(10-5-3-2-4-9(10)14)13(19)16-6-7-20-11(8-16)12(17)18/h2-5,11H,6-8H2,1H3,(H,17,18). The molecule has 1 atom stereocenters. The van der Waals surface area contributed by atoms with Gasteiger partial charge in [-0.15, -0.1) is 0 Å². The van der Waals surface area contributed by atoms with Gasteiger partial charge in [0.05, 0.1) is 18.8 Å². The summed E-state index contributed by atoms with van der Waals surface area (Å²) < 4.78 is 18.7. The fourth-order valence-electron chi connectivity index (χ4n) is 2.01. The second kappa shape index (κ2) is 5.87. The molecule has 108 valence electrons. The number of rotatable bonds is 2. The van der Waals surface area contributed by atoms with Crippen molar-refractivity contribution in [3.8, 4) is 0 Å². The number of aliphatic carboxylic acids is 1. The van der Waals surface area contributed by atoms with E-state index in [2.05, 4.69) is 0 Å². The normalized spacial score (nSPS) is 18.7. The summed E-state index contributed by atoms with van der Waals surface area (Å²) in [4.78, 5) is 25.6. The van der Waals surface area contributed by atoms with Gasteiger partial charge >= 0.3 is 12.0 Å². The third kappa shape index (κ3) is 2.88. The van der Waals surface area contributed by atoms with Crippen LogP contribution in [0.2, 0.25) is 0 Å². The number of anilines is 1. The van der Waals surface area contributed by atoms with E-state index in [1.165, 1.54) is 35.0 Å². The van der Waals surface area contributed by atoms with E-state index >= 15 is 0 Å². The molecule has 0 aliphatic carbocycles. The van der Waals surface area contributed by atoms with Crippen LogP contribution in [0.15, 0.2) is 24.3 Å². The van der Waals surface area contributed by atoms with E-state index in [1.807, 2.05) is 0 Å². The second-order valence-corrected chi connectivity index (χ2v) is 4.44. The number of carbonyl (C=O) groups is 2. The number of amides is 2. The molecule has 0 bridgehead atoms. The summed E-state index contributed by atoms with van der Waals surface area (Å²) in [5.74, 6) is -1.62. The van der Waals surface area contributed by atoms with Crippen molar-refractivity contribution in [2.24, 2.45) is 0 Å². The van der Waals surface area contributed by atoms with E-state index in [0.717, 1.165) is 0 Å². The molecule has 1 heterocycles. The summed E-state index contributed by atoms with van der Waals surface area (Å²) in [6, 6.07) is 5.46. The molecule has 0 saturated carbocycles. The third-order valence-corrected chi connectivity index (χ3v) is 3.11. The number of carbonyl (C=O) groups excluding carboxylic acids is 1. The van der Waals surface area contributed by atoms with Crippen LogP contribution in [0.4, 0.5) is 14.9 Å². The molecule has 1 saturated heterocycles. The number of nitrogens with zero attached hydrogens (tertiary/aromatic N) is 2. The van der Waals surface area contributed by atoms with Crippen LogP contribution in [-0.2, 0) is 9.53 Å². The van der Waals surface area contributed by atoms with Gasteiger partial charge in [0, 0.05) is 13.6 Å². The highest BCUT2D eigenvalue weighted by Crippen LogP contribution is 2.19. The number of urea groups is 1. The van der Waals surface area contributed by atoms with Gasteiger partial charge in [-0.1, -0.05) is 12.1 Å². The summed E-state index contributed by atoms with van der Waals surface area (Å²) in [5, 5.41) is 8.90. The maximum Gasteiger partial charge on any atom is 0.334 e. The smallest absolute Gasteiger partial charge is 0.334 e. The van der Waals surface area contributed by atoms with Crippen molar-refractivity contribution < 1.29 is 23.8 Å². The van der Waals surface area contributed by atoms with Gasteiger partial charge in [0.2, 0.25) is 0 Å². The van der Waals surface area contributed by atoms with Crippen molar-refractivity contribution in [1.82, 2.24) is 4.90 Å². The molecule has 1 fully saturated rings. The minimum atomic E-state index is -1.11. The molecule has 1 aromatic carbocycles. The van der Waals surface area contributed by atoms with E-state index in [1.54, 1.807) is 6.07 Å². The summed E-state index contributed by atoms with van der Waals surface area (Å²) in [6.07, 6.45) is -1.04. The summed E-state index contributed by atoms with van der Waals surface area (Å²) in [5.41, 5.74) is 0.149. The lowest BCUT2D eigenvalue weighted by Crippen LogP contribution is -2.52. The molecule has 0 spiro atoms. The SMILES string of the molecule is CN(C(=O)N1CCOC(C(=O)O)C1)c1ccccc1F. The number of ether oxygens (including phenoxy) is 1. The van der Waals surface area contributed by atoms with Crippen molar-refractivity contribution in [2.45, 2.75) is 6.10 Å². The predicted molar refractivity (Wildman–Crippen MR) is 69.1 cm³/mol. The van der Waals surface area contributed by atoms with Crippen LogP contribution in [0.5, 0.6) is 0 Å². The Hall–Kier alpha value is -2.15. The zero-order valence-corrected chi connectivity index (χ0v) is 11.0. The first-order valence-corrected chi connectivity index (χ1v) is 6.12. The second-order valence-electron chi connectivity index (χ2n) is 4.44. The number of halogens is 1. The molecule has 1 aliphatic rings. The average molecular weight is 282 g/mol. The summed E-state index contributed by atoms with van der Waals surface area (Å²) in [7, 11) is 1.45. The maximum atomic E-state index is 13.6. The number of carboxylic acid groups (broad SMARTS) is 1. The van der Waals surface area contributed by atoms with Gasteiger partial charge in [-0.3, -0.25) is 4.90 Å². The lowest BCUT2D eigenvalue weighted by Gasteiger charge is -2.33. The molecule has 1 aliphatic heterocycles. The van der Waals surface area contributed by atoms with Gasteiger partial charge in [-0.2, -0.15) is 0 Å². The zero-order chi connectivity index (χ0) is 14.7. The summed E-state index contributed by atoms with van der Waals surface area (Å²) >= 11 is 0. The monoisotopic (exact) mass is 282 g/mol. The molecule has 20 heavy (non-hydrogen) atoms. The molecule has 2 amide bonds. The molecule has 2 rings (SSSR count). The van der Waals surface area contributed by atoms with Crippen LogP contribution < -0.4 is 4.90 Å². The highest BCUT2D eigenvalue weighted by molar-refractivity contribution is 5.92. The molecular weight excluding hydrogens is 267 g/mol. The van der Waals surface area contributed by atoms with Crippen molar-refractivity contribution in [2.75, 3.05) is 31.6 Å². The van der Waals surface area contributed by atoms with Crippen LogP contribution in [0.1, 0.15) is 0 Å². The number of hydrogen-bond acceptors (Lipinski definition) is 3. The number of para-hydroxylation sites is 1. The van der Waals surface area contributed by atoms with Crippen molar-refractivity contribution in [3.05, 3.63) is 30.1 Å². The Morgan fingerprint density at radius 2 is 2.15 bits per heavy atom. The van der Waals surface area contributed by atoms with Crippen LogP contribution in [-0.4, -0.2) is 54.9 Å². The Bertz CT molecular complexity index is 523. The van der Waals surface area contributed by atoms with Crippen LogP contribution >= 0.6 is 0 Å². The number of morpholine rings is 1. The minimum absolute atomic E-state index is 0.0487. The van der Waals surface area contributed by atoms with Crippen molar-refractivity contribution in [3.63, 3.8) is 0 Å². The Labute approximate surface area is 115 Å². The van der Waals surface area contributed by atoms with Gasteiger partial charge in [-0.25, -0.2) is 14.0 Å². The first-order chi connectivity index (χ1) is 9.50. The Balaban J connectivity index is 2.11. The molecule has 6 nitrogen and oxygen atoms in total. The fourth-order valence-corrected chi connectivity index (χ4v) is 2.01. The van der Waals surface area contributed by atoms with Gasteiger partial charge in [-0.05, 0) is 12.1 Å². The molecule has 0 radical (unpaired) electrons. The van der Waals surface area contributed by atoms with Crippen LogP contribution in [0.3, 0.4) is 0 Å². The molecule has 0 aromatic heterocycles. The molecule has 1 unspecified atom stereocenters. The highest BCUT2D eigenvalue weighted by atomic mass is 19.1. The van der Waals surface area contributed by atoms with E-state index in [4.69, 9.17) is 9.84 Å². The Morgan fingerprint density at radius 3 is 2.80 bits per heavy atom. The number of hydrogen-bond donors (Lipinski definition) is 1. The van der Waals surface area contributed by atoms with Gasteiger partial charge < -0.3 is 14.7 Å². The Morgan fingerprint density at radius 1 is 1.45 bits per heavy atom. The topological polar surface area (TPSA) is 70.1 Å². The average Bonchev–Trinajstić information content (AvgIpc) is 2.46. The van der Waals surface area contributed by atoms with Crippen molar-refractivity contribution in [1.29, 1.82) is 0 Å². The fraction of sp³-hybridized carbons (Fsp3) is 0.385. The van der Waals surface area contributed by atoms with Gasteiger partial charge in [0.15, 0.2) is 6.10 Å². The lowest BCUT2D eigenvalue weighted by atomic mass is 10.2.